The van der Waals surface area contributed by atoms with Crippen LogP contribution in [0.2, 0.25) is 0 Å². The molecular weight excluding hydrogens is 377 g/mol. The van der Waals surface area contributed by atoms with Crippen LogP contribution in [0.3, 0.4) is 0 Å². The van der Waals surface area contributed by atoms with E-state index >= 15 is 0 Å². The Hall–Kier alpha value is -3.05. The number of halogens is 3. The van der Waals surface area contributed by atoms with Crippen molar-refractivity contribution >= 4 is 17.6 Å². The molecule has 0 heterocycles. The maximum atomic E-state index is 12.4. The van der Waals surface area contributed by atoms with Crippen molar-refractivity contribution in [1.29, 1.82) is 0 Å². The number of amides is 1. The number of aliphatic carboxylic acids is 1. The molecule has 0 saturated heterocycles. The van der Waals surface area contributed by atoms with Gasteiger partial charge in [-0.2, -0.15) is 13.2 Å². The molecule has 1 aromatic rings. The number of hydrogen-bond acceptors (Lipinski definition) is 6. The maximum Gasteiger partial charge on any atom is 0.471 e. The van der Waals surface area contributed by atoms with Gasteiger partial charge in [0.1, 0.15) is 0 Å². The summed E-state index contributed by atoms with van der Waals surface area (Å²) in [5.74, 6) is -3.37. The zero-order valence-corrected chi connectivity index (χ0v) is 14.3. The summed E-state index contributed by atoms with van der Waals surface area (Å²) in [5.41, 5.74) is -0.800. The van der Waals surface area contributed by atoms with E-state index < -0.39 is 34.7 Å². The monoisotopic (exact) mass is 394 g/mol. The first-order valence-corrected chi connectivity index (χ1v) is 7.56. The molecule has 150 valence electrons. The van der Waals surface area contributed by atoms with E-state index in [2.05, 4.69) is 0 Å². The summed E-state index contributed by atoms with van der Waals surface area (Å²) in [4.78, 5) is 32.0. The molecule has 1 unspecified atom stereocenters. The Morgan fingerprint density at radius 1 is 1.33 bits per heavy atom. The number of carboxylic acids is 1. The molecule has 1 amide bonds. The van der Waals surface area contributed by atoms with Crippen LogP contribution in [-0.2, 0) is 9.59 Å². The SMILES string of the molecule is COc1cc(C(C)NC(=O)C(F)(F)F)c([N+](=O)[O-])cc1OCCCC(=O)O. The average molecular weight is 394 g/mol. The number of nitro groups is 1. The number of nitro benzene ring substituents is 1. The van der Waals surface area contributed by atoms with Crippen LogP contribution in [0.15, 0.2) is 12.1 Å². The van der Waals surface area contributed by atoms with Gasteiger partial charge in [0.25, 0.3) is 5.69 Å². The lowest BCUT2D eigenvalue weighted by Crippen LogP contribution is -2.38. The highest BCUT2D eigenvalue weighted by Gasteiger charge is 2.40. The second kappa shape index (κ2) is 9.05. The summed E-state index contributed by atoms with van der Waals surface area (Å²) in [7, 11) is 1.22. The molecular formula is C15H17F3N2O7. The molecule has 0 bridgehead atoms. The molecule has 1 aromatic carbocycles. The Morgan fingerprint density at radius 3 is 2.44 bits per heavy atom. The van der Waals surface area contributed by atoms with Crippen LogP contribution in [0, 0.1) is 10.1 Å². The summed E-state index contributed by atoms with van der Waals surface area (Å²) < 4.78 is 47.5. The minimum atomic E-state index is -5.14. The summed E-state index contributed by atoms with van der Waals surface area (Å²) in [6.45, 7) is 1.08. The Morgan fingerprint density at radius 2 is 1.96 bits per heavy atom. The van der Waals surface area contributed by atoms with Crippen molar-refractivity contribution in [2.75, 3.05) is 13.7 Å². The minimum Gasteiger partial charge on any atom is -0.493 e. The fourth-order valence-corrected chi connectivity index (χ4v) is 2.10. The standard InChI is InChI=1S/C15H17F3N2O7/c1-8(19-14(23)15(16,17)18)9-6-11(26-2)12(7-10(9)20(24)25)27-5-3-4-13(21)22/h6-8H,3-5H2,1-2H3,(H,19,23)(H,21,22). The van der Waals surface area contributed by atoms with Crippen LogP contribution in [0.1, 0.15) is 31.4 Å². The van der Waals surface area contributed by atoms with E-state index in [4.69, 9.17) is 14.6 Å². The summed E-state index contributed by atoms with van der Waals surface area (Å²) in [5, 5.41) is 21.5. The minimum absolute atomic E-state index is 0.0148. The van der Waals surface area contributed by atoms with E-state index in [1.165, 1.54) is 7.11 Å². The van der Waals surface area contributed by atoms with Crippen LogP contribution in [0.25, 0.3) is 0 Å². The quantitative estimate of drug-likeness (QED) is 0.374. The first-order chi connectivity index (χ1) is 12.5. The first-order valence-electron chi connectivity index (χ1n) is 7.56. The number of methoxy groups -OCH3 is 1. The van der Waals surface area contributed by atoms with Crippen LogP contribution < -0.4 is 14.8 Å². The molecule has 0 aliphatic carbocycles. The smallest absolute Gasteiger partial charge is 0.471 e. The van der Waals surface area contributed by atoms with Gasteiger partial charge in [0.05, 0.1) is 36.3 Å². The Labute approximate surface area is 151 Å². The van der Waals surface area contributed by atoms with Gasteiger partial charge in [-0.25, -0.2) is 0 Å². The lowest BCUT2D eigenvalue weighted by atomic mass is 10.0. The van der Waals surface area contributed by atoms with Crippen molar-refractivity contribution in [3.05, 3.63) is 27.8 Å². The number of benzene rings is 1. The molecule has 0 aliphatic heterocycles. The third kappa shape index (κ3) is 6.31. The van der Waals surface area contributed by atoms with Gasteiger partial charge in [0, 0.05) is 6.42 Å². The van der Waals surface area contributed by atoms with Gasteiger partial charge < -0.3 is 19.9 Å². The number of carbonyl (C=O) groups is 2. The lowest BCUT2D eigenvalue weighted by Gasteiger charge is -2.18. The molecule has 0 aliphatic rings. The fourth-order valence-electron chi connectivity index (χ4n) is 2.10. The molecule has 0 fully saturated rings. The molecule has 0 aromatic heterocycles. The molecule has 1 atom stereocenters. The van der Waals surface area contributed by atoms with Crippen molar-refractivity contribution < 1.29 is 42.3 Å². The topological polar surface area (TPSA) is 128 Å². The molecule has 0 radical (unpaired) electrons. The van der Waals surface area contributed by atoms with Gasteiger partial charge in [0.15, 0.2) is 11.5 Å². The van der Waals surface area contributed by atoms with Crippen molar-refractivity contribution in [2.24, 2.45) is 0 Å². The molecule has 12 heteroatoms. The van der Waals surface area contributed by atoms with Crippen LogP contribution >= 0.6 is 0 Å². The number of alkyl halides is 3. The largest absolute Gasteiger partial charge is 0.493 e. The second-order valence-corrected chi connectivity index (χ2v) is 5.36. The number of carboxylic acid groups (broad SMARTS) is 1. The summed E-state index contributed by atoms with van der Waals surface area (Å²) >= 11 is 0. The van der Waals surface area contributed by atoms with E-state index in [0.717, 1.165) is 19.1 Å². The number of carbonyl (C=O) groups excluding carboxylic acids is 1. The molecule has 9 nitrogen and oxygen atoms in total. The summed E-state index contributed by atoms with van der Waals surface area (Å²) in [6, 6.07) is 0.700. The van der Waals surface area contributed by atoms with Crippen LogP contribution in [0.5, 0.6) is 11.5 Å². The molecule has 2 N–H and O–H groups in total. The fraction of sp³-hybridized carbons (Fsp3) is 0.467. The second-order valence-electron chi connectivity index (χ2n) is 5.36. The maximum absolute atomic E-state index is 12.4. The van der Waals surface area contributed by atoms with Crippen molar-refractivity contribution in [3.63, 3.8) is 0 Å². The van der Waals surface area contributed by atoms with E-state index in [-0.39, 0.29) is 36.5 Å². The van der Waals surface area contributed by atoms with Gasteiger partial charge in [-0.3, -0.25) is 19.7 Å². The van der Waals surface area contributed by atoms with Crippen molar-refractivity contribution in [2.45, 2.75) is 32.0 Å². The molecule has 0 saturated carbocycles. The van der Waals surface area contributed by atoms with Gasteiger partial charge in [-0.05, 0) is 19.4 Å². The summed E-state index contributed by atoms with van der Waals surface area (Å²) in [6.07, 6.45) is -5.19. The van der Waals surface area contributed by atoms with Gasteiger partial charge in [-0.1, -0.05) is 0 Å². The first kappa shape index (κ1) is 22.0. The van der Waals surface area contributed by atoms with E-state index in [1.54, 1.807) is 5.32 Å². The number of ether oxygens (including phenoxy) is 2. The van der Waals surface area contributed by atoms with E-state index in [9.17, 15) is 32.9 Å². The number of nitrogens with one attached hydrogen (secondary N) is 1. The van der Waals surface area contributed by atoms with Gasteiger partial charge in [0.2, 0.25) is 0 Å². The average Bonchev–Trinajstić information content (AvgIpc) is 2.56. The molecule has 0 spiro atoms. The van der Waals surface area contributed by atoms with Crippen molar-refractivity contribution in [1.82, 2.24) is 5.32 Å². The highest BCUT2D eigenvalue weighted by atomic mass is 19.4. The van der Waals surface area contributed by atoms with Crippen molar-refractivity contribution in [3.8, 4) is 11.5 Å². The van der Waals surface area contributed by atoms with E-state index in [0.29, 0.717) is 0 Å². The number of nitrogens with zero attached hydrogens (tertiary/aromatic N) is 1. The Balaban J connectivity index is 3.12. The zero-order chi connectivity index (χ0) is 20.8. The normalized spacial score (nSPS) is 12.2. The highest BCUT2D eigenvalue weighted by Crippen LogP contribution is 2.37. The van der Waals surface area contributed by atoms with E-state index in [1.807, 2.05) is 0 Å². The zero-order valence-electron chi connectivity index (χ0n) is 14.3. The lowest BCUT2D eigenvalue weighted by molar-refractivity contribution is -0.385. The third-order valence-electron chi connectivity index (χ3n) is 3.37. The molecule has 1 rings (SSSR count). The number of rotatable bonds is 9. The van der Waals surface area contributed by atoms with Gasteiger partial charge in [-0.15, -0.1) is 0 Å². The Bertz CT molecular complexity index is 722. The predicted molar refractivity (Wildman–Crippen MR) is 84.6 cm³/mol. The third-order valence-corrected chi connectivity index (χ3v) is 3.37. The Kier molecular flexibility index (Phi) is 7.37. The predicted octanol–water partition coefficient (Wildman–Crippen LogP) is 2.59. The van der Waals surface area contributed by atoms with Crippen LogP contribution in [0.4, 0.5) is 18.9 Å². The van der Waals surface area contributed by atoms with Gasteiger partial charge >= 0.3 is 18.1 Å². The number of hydrogen-bond donors (Lipinski definition) is 2. The van der Waals surface area contributed by atoms with Crippen LogP contribution in [-0.4, -0.2) is 41.8 Å². The highest BCUT2D eigenvalue weighted by molar-refractivity contribution is 5.82. The molecule has 27 heavy (non-hydrogen) atoms.